The molecule has 2 aromatic rings. The van der Waals surface area contributed by atoms with Crippen LogP contribution in [-0.4, -0.2) is 64.2 Å². The Labute approximate surface area is 174 Å². The van der Waals surface area contributed by atoms with Crippen molar-refractivity contribution in [1.82, 2.24) is 14.8 Å². The van der Waals surface area contributed by atoms with Crippen molar-refractivity contribution in [2.75, 3.05) is 25.5 Å². The molecule has 1 aromatic heterocycles. The largest absolute Gasteiger partial charge is 0.394 e. The number of nitrogens with zero attached hydrogens (tertiary/aromatic N) is 3. The third-order valence-corrected chi connectivity index (χ3v) is 5.11. The average molecular weight is 412 g/mol. The third-order valence-electron chi connectivity index (χ3n) is 5.11. The molecule has 158 valence electrons. The molecule has 0 radical (unpaired) electrons. The number of benzene rings is 1. The van der Waals surface area contributed by atoms with Crippen LogP contribution in [0.15, 0.2) is 30.3 Å². The third kappa shape index (κ3) is 4.52. The van der Waals surface area contributed by atoms with Crippen LogP contribution in [0.2, 0.25) is 0 Å². The maximum absolute atomic E-state index is 14.5. The van der Waals surface area contributed by atoms with Crippen LogP contribution in [-0.2, 0) is 13.0 Å². The van der Waals surface area contributed by atoms with Crippen LogP contribution in [0.1, 0.15) is 34.1 Å². The number of nitrogens with one attached hydrogen (secondary N) is 3. The van der Waals surface area contributed by atoms with Crippen LogP contribution >= 0.6 is 0 Å². The number of carbonyl (C=O) groups is 1. The van der Waals surface area contributed by atoms with Crippen LogP contribution in [0.5, 0.6) is 0 Å². The number of anilines is 1. The van der Waals surface area contributed by atoms with Crippen molar-refractivity contribution in [1.29, 1.82) is 10.8 Å². The minimum absolute atomic E-state index is 0.0543. The first kappa shape index (κ1) is 21.5. The molecule has 0 spiro atoms. The number of rotatable bonds is 6. The van der Waals surface area contributed by atoms with Crippen molar-refractivity contribution in [2.45, 2.75) is 25.9 Å². The first-order valence-corrected chi connectivity index (χ1v) is 9.61. The normalized spacial score (nSPS) is 14.5. The van der Waals surface area contributed by atoms with Gasteiger partial charge in [-0.15, -0.1) is 0 Å². The second-order valence-corrected chi connectivity index (χ2v) is 7.37. The Kier molecular flexibility index (Phi) is 6.53. The summed E-state index contributed by atoms with van der Waals surface area (Å²) in [5.41, 5.74) is 2.00. The summed E-state index contributed by atoms with van der Waals surface area (Å²) in [7, 11) is 1.98. The number of halogens is 1. The second kappa shape index (κ2) is 9.10. The highest BCUT2D eigenvalue weighted by Crippen LogP contribution is 2.23. The first-order chi connectivity index (χ1) is 14.3. The van der Waals surface area contributed by atoms with Crippen molar-refractivity contribution < 1.29 is 14.3 Å². The number of amidine groups is 1. The van der Waals surface area contributed by atoms with Gasteiger partial charge < -0.3 is 20.2 Å². The summed E-state index contributed by atoms with van der Waals surface area (Å²) in [6.07, 6.45) is 1.68. The van der Waals surface area contributed by atoms with Gasteiger partial charge in [0.25, 0.3) is 5.91 Å². The lowest BCUT2D eigenvalue weighted by Gasteiger charge is -2.25. The molecule has 1 atom stereocenters. The number of carbonyl (C=O) groups excluding carboxylic acids is 1. The lowest BCUT2D eigenvalue weighted by molar-refractivity contribution is 0.102. The van der Waals surface area contributed by atoms with Gasteiger partial charge in [-0.2, -0.15) is 0 Å². The summed E-state index contributed by atoms with van der Waals surface area (Å²) >= 11 is 0. The molecule has 9 heteroatoms. The molecule has 2 heterocycles. The number of aliphatic hydroxyl groups is 1. The highest BCUT2D eigenvalue weighted by molar-refractivity contribution is 6.05. The monoisotopic (exact) mass is 412 g/mol. The molecule has 1 aliphatic rings. The summed E-state index contributed by atoms with van der Waals surface area (Å²) in [5.74, 6) is -1.12. The second-order valence-electron chi connectivity index (χ2n) is 7.37. The van der Waals surface area contributed by atoms with Gasteiger partial charge in [0.2, 0.25) is 0 Å². The van der Waals surface area contributed by atoms with E-state index in [-0.39, 0.29) is 29.5 Å². The Morgan fingerprint density at radius 2 is 2.20 bits per heavy atom. The van der Waals surface area contributed by atoms with Crippen LogP contribution < -0.4 is 5.32 Å². The minimum Gasteiger partial charge on any atom is -0.394 e. The fourth-order valence-corrected chi connectivity index (χ4v) is 3.35. The van der Waals surface area contributed by atoms with E-state index in [1.807, 2.05) is 7.05 Å². The van der Waals surface area contributed by atoms with Crippen molar-refractivity contribution in [3.8, 4) is 0 Å². The average Bonchev–Trinajstić information content (AvgIpc) is 2.73. The number of pyridine rings is 1. The molecule has 3 rings (SSSR count). The number of hydrogen-bond donors (Lipinski definition) is 4. The Morgan fingerprint density at radius 1 is 1.43 bits per heavy atom. The van der Waals surface area contributed by atoms with Crippen LogP contribution in [0, 0.1) is 16.6 Å². The van der Waals surface area contributed by atoms with Crippen molar-refractivity contribution >= 4 is 23.9 Å². The molecule has 1 amide bonds. The summed E-state index contributed by atoms with van der Waals surface area (Å²) < 4.78 is 14.5. The van der Waals surface area contributed by atoms with Crippen LogP contribution in [0.25, 0.3) is 0 Å². The molecule has 30 heavy (non-hydrogen) atoms. The molecule has 0 saturated carbocycles. The van der Waals surface area contributed by atoms with Gasteiger partial charge in [0, 0.05) is 13.1 Å². The van der Waals surface area contributed by atoms with E-state index in [1.54, 1.807) is 31.2 Å². The van der Waals surface area contributed by atoms with Crippen LogP contribution in [0.4, 0.5) is 10.2 Å². The Morgan fingerprint density at radius 3 is 2.90 bits per heavy atom. The van der Waals surface area contributed by atoms with E-state index in [2.05, 4.69) is 15.2 Å². The molecule has 0 bridgehead atoms. The zero-order valence-corrected chi connectivity index (χ0v) is 16.9. The van der Waals surface area contributed by atoms with Gasteiger partial charge in [0.1, 0.15) is 17.3 Å². The fourth-order valence-electron chi connectivity index (χ4n) is 3.35. The predicted molar refractivity (Wildman–Crippen MR) is 113 cm³/mol. The van der Waals surface area contributed by atoms with E-state index in [4.69, 9.17) is 10.8 Å². The number of hydrogen-bond acceptors (Lipinski definition) is 6. The highest BCUT2D eigenvalue weighted by Gasteiger charge is 2.21. The smallest absolute Gasteiger partial charge is 0.259 e. The van der Waals surface area contributed by atoms with Crippen molar-refractivity contribution in [3.05, 3.63) is 58.5 Å². The SMILES string of the molecule is CC(CO)N(C=N)C(=N)c1cccc(NC(=O)c2cc3c(cc2F)CCN(C)C3)n1. The van der Waals surface area contributed by atoms with E-state index < -0.39 is 17.8 Å². The minimum atomic E-state index is -0.618. The fraction of sp³-hybridized carbons (Fsp3) is 0.333. The van der Waals surface area contributed by atoms with Gasteiger partial charge in [-0.25, -0.2) is 9.37 Å². The molecule has 0 aliphatic carbocycles. The molecular weight excluding hydrogens is 387 g/mol. The van der Waals surface area contributed by atoms with Gasteiger partial charge in [-0.3, -0.25) is 15.6 Å². The summed E-state index contributed by atoms with van der Waals surface area (Å²) in [4.78, 5) is 20.3. The molecular formula is C21H25FN6O2. The van der Waals surface area contributed by atoms with Gasteiger partial charge in [-0.1, -0.05) is 6.07 Å². The topological polar surface area (TPSA) is 116 Å². The lowest BCUT2D eigenvalue weighted by atomic mass is 9.97. The van der Waals surface area contributed by atoms with Gasteiger partial charge in [0.15, 0.2) is 5.84 Å². The first-order valence-electron chi connectivity index (χ1n) is 9.61. The number of amides is 1. The van der Waals surface area contributed by atoms with Gasteiger partial charge in [0.05, 0.1) is 24.6 Å². The number of aromatic nitrogens is 1. The molecule has 0 saturated heterocycles. The zero-order chi connectivity index (χ0) is 21.8. The standard InChI is InChI=1S/C21H25FN6O2/c1-13(11-29)28(12-23)20(24)18-4-3-5-19(25-18)26-21(30)16-8-15-10-27(2)7-6-14(15)9-17(16)22/h3-5,8-9,12-13,23-24,29H,6-7,10-11H2,1-2H3,(H,25,26,30). The van der Waals surface area contributed by atoms with Gasteiger partial charge in [-0.05, 0) is 55.8 Å². The van der Waals surface area contributed by atoms with E-state index in [9.17, 15) is 14.3 Å². The maximum atomic E-state index is 14.5. The molecule has 1 aliphatic heterocycles. The van der Waals surface area contributed by atoms with Crippen molar-refractivity contribution in [2.24, 2.45) is 0 Å². The molecule has 8 nitrogen and oxygen atoms in total. The van der Waals surface area contributed by atoms with Crippen molar-refractivity contribution in [3.63, 3.8) is 0 Å². The summed E-state index contributed by atoms with van der Waals surface area (Å²) in [5, 5.41) is 27.6. The van der Waals surface area contributed by atoms with Crippen LogP contribution in [0.3, 0.4) is 0 Å². The summed E-state index contributed by atoms with van der Waals surface area (Å²) in [6.45, 7) is 2.94. The molecule has 4 N–H and O–H groups in total. The Hall–Kier alpha value is -3.17. The number of aliphatic hydroxyl groups excluding tert-OH is 1. The van der Waals surface area contributed by atoms with E-state index >= 15 is 0 Å². The molecule has 1 unspecified atom stereocenters. The Bertz CT molecular complexity index is 980. The Balaban J connectivity index is 1.81. The van der Waals surface area contributed by atoms with Gasteiger partial charge >= 0.3 is 0 Å². The van der Waals surface area contributed by atoms with E-state index in [0.29, 0.717) is 6.54 Å². The maximum Gasteiger partial charge on any atom is 0.259 e. The molecule has 0 fully saturated rings. The summed E-state index contributed by atoms with van der Waals surface area (Å²) in [6, 6.07) is 7.25. The lowest BCUT2D eigenvalue weighted by Crippen LogP contribution is -2.39. The zero-order valence-electron chi connectivity index (χ0n) is 16.9. The molecule has 1 aromatic carbocycles. The number of fused-ring (bicyclic) bond motifs is 1. The van der Waals surface area contributed by atoms with E-state index in [0.717, 1.165) is 30.4 Å². The highest BCUT2D eigenvalue weighted by atomic mass is 19.1. The predicted octanol–water partition coefficient (Wildman–Crippen LogP) is 2.08. The van der Waals surface area contributed by atoms with E-state index in [1.165, 1.54) is 11.0 Å². The quantitative estimate of drug-likeness (QED) is 0.428. The number of likely N-dealkylation sites (N-methyl/N-ethyl adjacent to an activating group) is 1.